The highest BCUT2D eigenvalue weighted by Crippen LogP contribution is 2.36. The molecule has 0 amide bonds. The molecule has 0 saturated heterocycles. The van der Waals surface area contributed by atoms with Gasteiger partial charge in [-0.05, 0) is 40.8 Å². The van der Waals surface area contributed by atoms with Gasteiger partial charge in [-0.2, -0.15) is 5.26 Å². The van der Waals surface area contributed by atoms with Crippen LogP contribution < -0.4 is 4.74 Å². The van der Waals surface area contributed by atoms with E-state index in [1.807, 2.05) is 28.7 Å². The SMILES string of the molecule is N#Cc1cc(I)c(Oc2ncccc2C=O)c([N+](=O)[O-])c1. The van der Waals surface area contributed by atoms with Gasteiger partial charge in [-0.15, -0.1) is 0 Å². The van der Waals surface area contributed by atoms with Gasteiger partial charge >= 0.3 is 5.69 Å². The van der Waals surface area contributed by atoms with Crippen LogP contribution in [0.25, 0.3) is 0 Å². The average Bonchev–Trinajstić information content (AvgIpc) is 2.49. The number of ether oxygens (including phenoxy) is 1. The molecule has 0 radical (unpaired) electrons. The molecule has 0 atom stereocenters. The summed E-state index contributed by atoms with van der Waals surface area (Å²) in [5.74, 6) is -0.0837. The number of halogens is 1. The summed E-state index contributed by atoms with van der Waals surface area (Å²) in [6, 6.07) is 7.44. The number of rotatable bonds is 4. The van der Waals surface area contributed by atoms with Gasteiger partial charge in [0.25, 0.3) is 0 Å². The minimum atomic E-state index is -0.651. The second-order valence-corrected chi connectivity index (χ2v) is 4.96. The van der Waals surface area contributed by atoms with Crippen LogP contribution in [0, 0.1) is 25.0 Å². The lowest BCUT2D eigenvalue weighted by Gasteiger charge is -2.09. The number of hydrogen-bond donors (Lipinski definition) is 0. The van der Waals surface area contributed by atoms with E-state index >= 15 is 0 Å². The number of pyridine rings is 1. The molecule has 0 fully saturated rings. The quantitative estimate of drug-likeness (QED) is 0.341. The molecule has 8 heteroatoms. The number of nitro benzene ring substituents is 1. The second-order valence-electron chi connectivity index (χ2n) is 3.79. The van der Waals surface area contributed by atoms with E-state index in [4.69, 9.17) is 10.00 Å². The number of carbonyl (C=O) groups is 1. The first-order chi connectivity index (χ1) is 10.1. The summed E-state index contributed by atoms with van der Waals surface area (Å²) in [7, 11) is 0. The Kier molecular flexibility index (Phi) is 4.44. The summed E-state index contributed by atoms with van der Waals surface area (Å²) < 4.78 is 5.80. The first kappa shape index (κ1) is 14.9. The lowest BCUT2D eigenvalue weighted by atomic mass is 10.2. The van der Waals surface area contributed by atoms with Crippen LogP contribution in [0.4, 0.5) is 5.69 Å². The molecule has 0 N–H and O–H groups in total. The van der Waals surface area contributed by atoms with Crippen molar-refractivity contribution < 1.29 is 14.5 Å². The molecule has 21 heavy (non-hydrogen) atoms. The number of benzene rings is 1. The van der Waals surface area contributed by atoms with Crippen LogP contribution in [0.1, 0.15) is 15.9 Å². The van der Waals surface area contributed by atoms with Crippen molar-refractivity contribution in [2.24, 2.45) is 0 Å². The zero-order valence-corrected chi connectivity index (χ0v) is 12.5. The minimum absolute atomic E-state index is 0.0294. The monoisotopic (exact) mass is 395 g/mol. The lowest BCUT2D eigenvalue weighted by molar-refractivity contribution is -0.385. The Labute approximate surface area is 132 Å². The normalized spacial score (nSPS) is 9.71. The van der Waals surface area contributed by atoms with Crippen LogP contribution in [0.2, 0.25) is 0 Å². The molecule has 0 aliphatic carbocycles. The van der Waals surface area contributed by atoms with Gasteiger partial charge in [0.15, 0.2) is 6.29 Å². The van der Waals surface area contributed by atoms with Gasteiger partial charge in [0.1, 0.15) is 0 Å². The Bertz CT molecular complexity index is 770. The van der Waals surface area contributed by atoms with E-state index in [9.17, 15) is 14.9 Å². The Hall–Kier alpha value is -2.54. The van der Waals surface area contributed by atoms with E-state index in [1.165, 1.54) is 18.3 Å². The third kappa shape index (κ3) is 3.14. The molecule has 7 nitrogen and oxygen atoms in total. The van der Waals surface area contributed by atoms with Gasteiger partial charge in [-0.3, -0.25) is 14.9 Å². The lowest BCUT2D eigenvalue weighted by Crippen LogP contribution is -2.00. The second kappa shape index (κ2) is 6.27. The highest BCUT2D eigenvalue weighted by atomic mass is 127. The number of nitro groups is 1. The third-order valence-electron chi connectivity index (χ3n) is 2.48. The molecule has 1 aromatic heterocycles. The number of nitrogens with zero attached hydrogens (tertiary/aromatic N) is 3. The third-order valence-corrected chi connectivity index (χ3v) is 3.28. The minimum Gasteiger partial charge on any atom is -0.430 e. The van der Waals surface area contributed by atoms with Crippen LogP contribution in [0.3, 0.4) is 0 Å². The summed E-state index contributed by atoms with van der Waals surface area (Å²) in [6.45, 7) is 0. The molecule has 0 bridgehead atoms. The smallest absolute Gasteiger partial charge is 0.314 e. The zero-order valence-electron chi connectivity index (χ0n) is 10.3. The molecule has 1 aromatic carbocycles. The number of hydrogen-bond acceptors (Lipinski definition) is 6. The van der Waals surface area contributed by atoms with Gasteiger partial charge in [0, 0.05) is 12.3 Å². The number of nitriles is 1. The highest BCUT2D eigenvalue weighted by molar-refractivity contribution is 14.1. The van der Waals surface area contributed by atoms with E-state index in [-0.39, 0.29) is 28.4 Å². The first-order valence-electron chi connectivity index (χ1n) is 5.53. The van der Waals surface area contributed by atoms with Crippen LogP contribution in [0.5, 0.6) is 11.6 Å². The molecule has 2 aromatic rings. The fourth-order valence-corrected chi connectivity index (χ4v) is 2.28. The fraction of sp³-hybridized carbons (Fsp3) is 0. The van der Waals surface area contributed by atoms with E-state index in [2.05, 4.69) is 4.98 Å². The molecule has 0 aliphatic heterocycles. The maximum Gasteiger partial charge on any atom is 0.314 e. The predicted octanol–water partition coefficient (Wildman–Crippen LogP) is 3.07. The van der Waals surface area contributed by atoms with Crippen LogP contribution in [-0.2, 0) is 0 Å². The summed E-state index contributed by atoms with van der Waals surface area (Å²) in [4.78, 5) is 25.3. The number of carbonyl (C=O) groups excluding carboxylic acids is 1. The molecule has 2 rings (SSSR count). The van der Waals surface area contributed by atoms with Crippen molar-refractivity contribution in [2.75, 3.05) is 0 Å². The van der Waals surface area contributed by atoms with E-state index < -0.39 is 4.92 Å². The van der Waals surface area contributed by atoms with Crippen molar-refractivity contribution in [2.45, 2.75) is 0 Å². The number of aldehydes is 1. The van der Waals surface area contributed by atoms with Crippen molar-refractivity contribution >= 4 is 34.6 Å². The average molecular weight is 395 g/mol. The van der Waals surface area contributed by atoms with E-state index in [1.54, 1.807) is 6.07 Å². The highest BCUT2D eigenvalue weighted by Gasteiger charge is 2.22. The van der Waals surface area contributed by atoms with Crippen molar-refractivity contribution in [1.29, 1.82) is 5.26 Å². The Morgan fingerprint density at radius 1 is 1.48 bits per heavy atom. The van der Waals surface area contributed by atoms with Crippen LogP contribution in [0.15, 0.2) is 30.5 Å². The summed E-state index contributed by atoms with van der Waals surface area (Å²) in [6.07, 6.45) is 1.95. The van der Waals surface area contributed by atoms with Crippen molar-refractivity contribution in [3.63, 3.8) is 0 Å². The Morgan fingerprint density at radius 2 is 2.24 bits per heavy atom. The Morgan fingerprint density at radius 3 is 2.86 bits per heavy atom. The predicted molar refractivity (Wildman–Crippen MR) is 80.2 cm³/mol. The molecule has 1 heterocycles. The molecule has 0 unspecified atom stereocenters. The van der Waals surface area contributed by atoms with Crippen LogP contribution in [-0.4, -0.2) is 16.2 Å². The molecule has 0 aliphatic rings. The number of aromatic nitrogens is 1. The standard InChI is InChI=1S/C13H6IN3O4/c14-10-4-8(6-15)5-11(17(19)20)12(10)21-13-9(7-18)2-1-3-16-13/h1-5,7H. The van der Waals surface area contributed by atoms with Gasteiger partial charge in [-0.25, -0.2) is 4.98 Å². The first-order valence-corrected chi connectivity index (χ1v) is 6.60. The summed E-state index contributed by atoms with van der Waals surface area (Å²) in [5.41, 5.74) is -0.0389. The van der Waals surface area contributed by atoms with Crippen molar-refractivity contribution in [3.8, 4) is 17.7 Å². The van der Waals surface area contributed by atoms with Gasteiger partial charge in [0.05, 0.1) is 25.7 Å². The van der Waals surface area contributed by atoms with E-state index in [0.29, 0.717) is 9.86 Å². The topological polar surface area (TPSA) is 106 Å². The van der Waals surface area contributed by atoms with Gasteiger partial charge in [-0.1, -0.05) is 0 Å². The fourth-order valence-electron chi connectivity index (χ4n) is 1.56. The van der Waals surface area contributed by atoms with Crippen molar-refractivity contribution in [1.82, 2.24) is 4.98 Å². The summed E-state index contributed by atoms with van der Waals surface area (Å²) in [5, 5.41) is 20.0. The van der Waals surface area contributed by atoms with Crippen molar-refractivity contribution in [3.05, 3.63) is 55.3 Å². The molecule has 0 spiro atoms. The van der Waals surface area contributed by atoms with Gasteiger partial charge < -0.3 is 4.74 Å². The molecular weight excluding hydrogens is 389 g/mol. The zero-order chi connectivity index (χ0) is 15.4. The Balaban J connectivity index is 2.56. The van der Waals surface area contributed by atoms with E-state index in [0.717, 1.165) is 6.07 Å². The molecule has 0 saturated carbocycles. The largest absolute Gasteiger partial charge is 0.430 e. The summed E-state index contributed by atoms with van der Waals surface area (Å²) >= 11 is 1.82. The van der Waals surface area contributed by atoms with Gasteiger partial charge in [0.2, 0.25) is 11.6 Å². The maximum absolute atomic E-state index is 11.1. The molecule has 104 valence electrons. The van der Waals surface area contributed by atoms with Crippen LogP contribution >= 0.6 is 22.6 Å². The molecular formula is C13H6IN3O4. The maximum atomic E-state index is 11.1.